The number of hydrogen-bond donors (Lipinski definition) is 0. The summed E-state index contributed by atoms with van der Waals surface area (Å²) in [6, 6.07) is 16.6. The molecule has 3 aliphatic rings. The second kappa shape index (κ2) is 8.90. The number of imidazole rings is 1. The molecule has 0 radical (unpaired) electrons. The normalized spacial score (nSPS) is 21.3. The fraction of sp³-hybridized carbons (Fsp3) is 0.464. The van der Waals surface area contributed by atoms with Crippen LogP contribution in [0.4, 0.5) is 5.69 Å². The van der Waals surface area contributed by atoms with Crippen LogP contribution in [0.1, 0.15) is 62.3 Å². The van der Waals surface area contributed by atoms with E-state index in [0.29, 0.717) is 19.0 Å². The van der Waals surface area contributed by atoms with Crippen molar-refractivity contribution in [1.82, 2.24) is 14.5 Å². The quantitative estimate of drug-likeness (QED) is 0.574. The maximum absolute atomic E-state index is 13.6. The number of carbonyl (C=O) groups excluding carboxylic acids is 2. The molecule has 1 aliphatic carbocycles. The molecular weight excluding hydrogens is 424 g/mol. The summed E-state index contributed by atoms with van der Waals surface area (Å²) >= 11 is 0. The van der Waals surface area contributed by atoms with E-state index in [1.807, 2.05) is 41.3 Å². The molecule has 2 fully saturated rings. The molecule has 6 rings (SSSR count). The Bertz CT molecular complexity index is 1230. The smallest absolute Gasteiger partial charge is 0.246 e. The Morgan fingerprint density at radius 3 is 2.65 bits per heavy atom. The maximum Gasteiger partial charge on any atom is 0.246 e. The number of hydrogen-bond acceptors (Lipinski definition) is 3. The average molecular weight is 457 g/mol. The SMILES string of the molecule is O=C(Cn1c([C@@H]2CC(=O)N(C3CCCCC3)C2)nc2ccccc21)N1CCCc2ccccc21. The van der Waals surface area contributed by atoms with Gasteiger partial charge in [-0.3, -0.25) is 9.59 Å². The van der Waals surface area contributed by atoms with Gasteiger partial charge in [0, 0.05) is 37.2 Å². The van der Waals surface area contributed by atoms with Crippen LogP contribution in [0.5, 0.6) is 0 Å². The molecule has 1 saturated carbocycles. The summed E-state index contributed by atoms with van der Waals surface area (Å²) in [6.45, 7) is 1.71. The van der Waals surface area contributed by atoms with Crippen LogP contribution in [0.25, 0.3) is 11.0 Å². The van der Waals surface area contributed by atoms with Gasteiger partial charge >= 0.3 is 0 Å². The van der Waals surface area contributed by atoms with E-state index in [-0.39, 0.29) is 24.3 Å². The first-order chi connectivity index (χ1) is 16.7. The zero-order chi connectivity index (χ0) is 23.1. The van der Waals surface area contributed by atoms with Crippen LogP contribution >= 0.6 is 0 Å². The number of likely N-dealkylation sites (tertiary alicyclic amines) is 1. The summed E-state index contributed by atoms with van der Waals surface area (Å²) in [5.41, 5.74) is 4.14. The first kappa shape index (κ1) is 21.4. The van der Waals surface area contributed by atoms with Gasteiger partial charge in [-0.25, -0.2) is 4.98 Å². The van der Waals surface area contributed by atoms with E-state index in [2.05, 4.69) is 21.6 Å². The highest BCUT2D eigenvalue weighted by atomic mass is 16.2. The first-order valence-electron chi connectivity index (χ1n) is 12.8. The molecule has 2 aliphatic heterocycles. The van der Waals surface area contributed by atoms with E-state index < -0.39 is 0 Å². The number of carbonyl (C=O) groups is 2. The maximum atomic E-state index is 13.6. The molecule has 1 aromatic heterocycles. The molecule has 3 heterocycles. The summed E-state index contributed by atoms with van der Waals surface area (Å²) in [7, 11) is 0. The molecule has 176 valence electrons. The van der Waals surface area contributed by atoms with E-state index in [0.717, 1.165) is 54.8 Å². The van der Waals surface area contributed by atoms with Crippen molar-refractivity contribution in [2.75, 3.05) is 18.0 Å². The number of rotatable bonds is 4. The number of para-hydroxylation sites is 3. The van der Waals surface area contributed by atoms with Gasteiger partial charge in [0.1, 0.15) is 12.4 Å². The van der Waals surface area contributed by atoms with Crippen LogP contribution in [0, 0.1) is 0 Å². The van der Waals surface area contributed by atoms with Crippen LogP contribution in [0.2, 0.25) is 0 Å². The molecule has 6 heteroatoms. The number of aryl methyl sites for hydroxylation is 1. The fourth-order valence-corrected chi connectivity index (χ4v) is 6.24. The van der Waals surface area contributed by atoms with E-state index in [4.69, 9.17) is 4.98 Å². The molecule has 1 saturated heterocycles. The van der Waals surface area contributed by atoms with E-state index in [1.165, 1.54) is 24.8 Å². The van der Waals surface area contributed by atoms with Gasteiger partial charge in [-0.15, -0.1) is 0 Å². The Morgan fingerprint density at radius 1 is 0.971 bits per heavy atom. The Morgan fingerprint density at radius 2 is 1.76 bits per heavy atom. The minimum absolute atomic E-state index is 0.0308. The summed E-state index contributed by atoms with van der Waals surface area (Å²) in [5, 5.41) is 0. The molecule has 1 atom stereocenters. The van der Waals surface area contributed by atoms with Crippen molar-refractivity contribution in [2.45, 2.75) is 69.9 Å². The van der Waals surface area contributed by atoms with Gasteiger partial charge in [0.15, 0.2) is 0 Å². The molecule has 6 nitrogen and oxygen atoms in total. The average Bonchev–Trinajstić information content (AvgIpc) is 3.44. The van der Waals surface area contributed by atoms with Gasteiger partial charge in [-0.1, -0.05) is 49.6 Å². The monoisotopic (exact) mass is 456 g/mol. The third-order valence-electron chi connectivity index (χ3n) is 7.93. The van der Waals surface area contributed by atoms with Crippen molar-refractivity contribution in [3.05, 3.63) is 59.9 Å². The molecule has 2 amide bonds. The highest BCUT2D eigenvalue weighted by Gasteiger charge is 2.38. The second-order valence-corrected chi connectivity index (χ2v) is 10.1. The van der Waals surface area contributed by atoms with Crippen molar-refractivity contribution >= 4 is 28.5 Å². The molecule has 3 aromatic rings. The predicted octanol–water partition coefficient (Wildman–Crippen LogP) is 4.66. The molecule has 2 aromatic carbocycles. The number of fused-ring (bicyclic) bond motifs is 2. The van der Waals surface area contributed by atoms with Crippen LogP contribution < -0.4 is 4.90 Å². The minimum atomic E-state index is 0.0308. The van der Waals surface area contributed by atoms with Gasteiger partial charge in [0.05, 0.1) is 11.0 Å². The van der Waals surface area contributed by atoms with Crippen molar-refractivity contribution < 1.29 is 9.59 Å². The summed E-state index contributed by atoms with van der Waals surface area (Å²) in [4.78, 5) is 35.6. The molecule has 34 heavy (non-hydrogen) atoms. The summed E-state index contributed by atoms with van der Waals surface area (Å²) in [5.74, 6) is 1.24. The number of aromatic nitrogens is 2. The Balaban J connectivity index is 1.31. The third-order valence-corrected chi connectivity index (χ3v) is 7.93. The van der Waals surface area contributed by atoms with E-state index in [9.17, 15) is 9.59 Å². The predicted molar refractivity (Wildman–Crippen MR) is 133 cm³/mol. The standard InChI is InChI=1S/C28H32N4O2/c33-26-17-21(18-31(26)22-11-2-1-3-12-22)28-29-23-13-5-7-15-25(23)32(28)19-27(34)30-16-8-10-20-9-4-6-14-24(20)30/h4-7,9,13-15,21-22H,1-3,8,10-12,16-19H2/t21-/m1/s1. The first-order valence-corrected chi connectivity index (χ1v) is 12.8. The van der Waals surface area contributed by atoms with Crippen molar-refractivity contribution in [3.8, 4) is 0 Å². The number of amides is 2. The molecule has 0 N–H and O–H groups in total. The lowest BCUT2D eigenvalue weighted by Gasteiger charge is -2.31. The lowest BCUT2D eigenvalue weighted by Crippen LogP contribution is -2.38. The van der Waals surface area contributed by atoms with Crippen LogP contribution in [0.3, 0.4) is 0 Å². The van der Waals surface area contributed by atoms with Gasteiger partial charge in [-0.05, 0) is 49.4 Å². The highest BCUT2D eigenvalue weighted by Crippen LogP contribution is 2.35. The number of nitrogens with zero attached hydrogens (tertiary/aromatic N) is 4. The van der Waals surface area contributed by atoms with Crippen molar-refractivity contribution in [1.29, 1.82) is 0 Å². The summed E-state index contributed by atoms with van der Waals surface area (Å²) in [6.07, 6.45) is 8.41. The summed E-state index contributed by atoms with van der Waals surface area (Å²) < 4.78 is 2.08. The Labute approximate surface area is 200 Å². The second-order valence-electron chi connectivity index (χ2n) is 10.1. The van der Waals surface area contributed by atoms with Gasteiger partial charge in [0.25, 0.3) is 0 Å². The fourth-order valence-electron chi connectivity index (χ4n) is 6.24. The van der Waals surface area contributed by atoms with Crippen molar-refractivity contribution in [3.63, 3.8) is 0 Å². The largest absolute Gasteiger partial charge is 0.339 e. The molecular formula is C28H32N4O2. The van der Waals surface area contributed by atoms with Gasteiger partial charge in [0.2, 0.25) is 11.8 Å². The van der Waals surface area contributed by atoms with Crippen LogP contribution in [-0.2, 0) is 22.6 Å². The minimum Gasteiger partial charge on any atom is -0.339 e. The Hall–Kier alpha value is -3.15. The number of anilines is 1. The van der Waals surface area contributed by atoms with E-state index >= 15 is 0 Å². The third kappa shape index (κ3) is 3.79. The zero-order valence-electron chi connectivity index (χ0n) is 19.7. The Kier molecular flexibility index (Phi) is 5.60. The lowest BCUT2D eigenvalue weighted by molar-refractivity contribution is -0.130. The van der Waals surface area contributed by atoms with Crippen LogP contribution in [0.15, 0.2) is 48.5 Å². The molecule has 0 unspecified atom stereocenters. The van der Waals surface area contributed by atoms with Crippen LogP contribution in [-0.4, -0.2) is 45.4 Å². The zero-order valence-corrected chi connectivity index (χ0v) is 19.7. The van der Waals surface area contributed by atoms with Crippen molar-refractivity contribution in [2.24, 2.45) is 0 Å². The van der Waals surface area contributed by atoms with Gasteiger partial charge in [-0.2, -0.15) is 0 Å². The number of benzene rings is 2. The highest BCUT2D eigenvalue weighted by molar-refractivity contribution is 5.95. The topological polar surface area (TPSA) is 58.4 Å². The van der Waals surface area contributed by atoms with E-state index in [1.54, 1.807) is 0 Å². The lowest BCUT2D eigenvalue weighted by atomic mass is 9.94. The van der Waals surface area contributed by atoms with Gasteiger partial charge < -0.3 is 14.4 Å². The molecule has 0 bridgehead atoms. The molecule has 0 spiro atoms.